The Morgan fingerprint density at radius 2 is 2.12 bits per heavy atom. The van der Waals surface area contributed by atoms with Gasteiger partial charge in [-0.3, -0.25) is 9.09 Å². The summed E-state index contributed by atoms with van der Waals surface area (Å²) in [6, 6.07) is 0. The lowest BCUT2D eigenvalue weighted by Gasteiger charge is -2.19. The van der Waals surface area contributed by atoms with E-state index in [9.17, 15) is 14.8 Å². The van der Waals surface area contributed by atoms with Crippen LogP contribution < -0.4 is 5.73 Å². The minimum atomic E-state index is -4.74. The number of nitrogens with two attached hydrogens (primary N) is 1. The average Bonchev–Trinajstić information content (AvgIpc) is 3.05. The zero-order chi connectivity index (χ0) is 19.1. The summed E-state index contributed by atoms with van der Waals surface area (Å²) in [5, 5.41) is 21.0. The summed E-state index contributed by atoms with van der Waals surface area (Å²) >= 11 is 1.35. The van der Waals surface area contributed by atoms with Gasteiger partial charge in [-0.1, -0.05) is 18.7 Å². The maximum Gasteiger partial charge on any atom is 0.469 e. The van der Waals surface area contributed by atoms with Gasteiger partial charge in [0.25, 0.3) is 0 Å². The molecule has 0 saturated carbocycles. The van der Waals surface area contributed by atoms with Crippen molar-refractivity contribution in [1.82, 2.24) is 19.5 Å². The third kappa shape index (κ3) is 3.70. The van der Waals surface area contributed by atoms with E-state index < -0.39 is 39.0 Å². The topological polar surface area (TPSA) is 186 Å². The predicted molar refractivity (Wildman–Crippen MR) is 90.1 cm³/mol. The van der Waals surface area contributed by atoms with Crippen molar-refractivity contribution in [2.24, 2.45) is 0 Å². The van der Waals surface area contributed by atoms with E-state index in [4.69, 9.17) is 20.3 Å². The van der Waals surface area contributed by atoms with Crippen molar-refractivity contribution in [2.75, 3.05) is 18.1 Å². The van der Waals surface area contributed by atoms with Crippen molar-refractivity contribution in [3.05, 3.63) is 6.33 Å². The van der Waals surface area contributed by atoms with Gasteiger partial charge in [0.05, 0.1) is 6.61 Å². The van der Waals surface area contributed by atoms with Gasteiger partial charge in [-0.25, -0.2) is 19.5 Å². The molecule has 3 rings (SSSR count). The molecule has 1 fully saturated rings. The molecule has 14 heteroatoms. The molecular formula is C12H18N5O7PS. The number of ether oxygens (including phenoxy) is 1. The molecule has 6 N–H and O–H groups in total. The van der Waals surface area contributed by atoms with Gasteiger partial charge in [0.1, 0.15) is 24.6 Å². The van der Waals surface area contributed by atoms with E-state index in [1.807, 2.05) is 6.92 Å². The molecule has 0 amide bonds. The highest BCUT2D eigenvalue weighted by atomic mass is 32.2. The number of rotatable bonds is 6. The summed E-state index contributed by atoms with van der Waals surface area (Å²) in [5.41, 5.74) is 6.45. The Labute approximate surface area is 151 Å². The molecule has 1 aliphatic heterocycles. The molecule has 1 aliphatic rings. The van der Waals surface area contributed by atoms with E-state index in [2.05, 4.69) is 19.5 Å². The van der Waals surface area contributed by atoms with Crippen molar-refractivity contribution in [3.63, 3.8) is 0 Å². The molecule has 1 unspecified atom stereocenters. The Bertz CT molecular complexity index is 845. The lowest BCUT2D eigenvalue weighted by Crippen LogP contribution is -2.33. The first-order valence-corrected chi connectivity index (χ1v) is 10.1. The second-order valence-corrected chi connectivity index (χ2v) is 7.93. The van der Waals surface area contributed by atoms with Crippen LogP contribution in [-0.4, -0.2) is 70.2 Å². The Kier molecular flexibility index (Phi) is 5.51. The standard InChI is InChI=1S/C12H18N5O7PS/c1-2-26-12-16-6-9(13)14-4-15-10(6)17(12)11-8(19)7(18)5(24-11)3-23-25(20,21)22/h4-5,7-8,11,18-19H,2-3H2,1H3,(H2,13,14,15)(H2,20,21,22)/t5-,7-,8-,11?/m1/s1. The first kappa shape index (κ1) is 19.5. The molecule has 0 radical (unpaired) electrons. The van der Waals surface area contributed by atoms with Gasteiger partial charge >= 0.3 is 7.82 Å². The summed E-state index contributed by atoms with van der Waals surface area (Å²) < 4.78 is 22.3. The Balaban J connectivity index is 1.96. The number of fused-ring (bicyclic) bond motifs is 1. The van der Waals surface area contributed by atoms with E-state index in [0.29, 0.717) is 22.1 Å². The van der Waals surface area contributed by atoms with Crippen LogP contribution in [0.25, 0.3) is 11.2 Å². The molecule has 0 spiro atoms. The van der Waals surface area contributed by atoms with Crippen LogP contribution in [0.5, 0.6) is 0 Å². The van der Waals surface area contributed by atoms with E-state index in [1.54, 1.807) is 0 Å². The summed E-state index contributed by atoms with van der Waals surface area (Å²) in [6.07, 6.45) is -3.84. The number of phosphoric acid groups is 1. The number of aromatic nitrogens is 4. The van der Waals surface area contributed by atoms with Crippen LogP contribution in [0, 0.1) is 0 Å². The van der Waals surface area contributed by atoms with E-state index in [1.165, 1.54) is 22.7 Å². The highest BCUT2D eigenvalue weighted by molar-refractivity contribution is 7.99. The van der Waals surface area contributed by atoms with Gasteiger partial charge < -0.3 is 30.5 Å². The number of aliphatic hydroxyl groups is 2. The van der Waals surface area contributed by atoms with Gasteiger partial charge in [-0.05, 0) is 5.75 Å². The molecule has 3 heterocycles. The number of nitrogens with zero attached hydrogens (tertiary/aromatic N) is 4. The molecule has 12 nitrogen and oxygen atoms in total. The molecule has 2 aromatic heterocycles. The quantitative estimate of drug-likeness (QED) is 0.298. The maximum atomic E-state index is 10.9. The Hall–Kier alpha value is -1.31. The summed E-state index contributed by atoms with van der Waals surface area (Å²) in [5.74, 6) is 0.813. The van der Waals surface area contributed by atoms with Gasteiger partial charge in [0.15, 0.2) is 28.4 Å². The minimum absolute atomic E-state index is 0.154. The monoisotopic (exact) mass is 407 g/mol. The SMILES string of the molecule is CCSc1nc2c(N)ncnc2n1C1O[C@H](COP(=O)(O)O)[C@@H](O)[C@H]1O. The molecule has 26 heavy (non-hydrogen) atoms. The average molecular weight is 407 g/mol. The minimum Gasteiger partial charge on any atom is -0.387 e. The van der Waals surface area contributed by atoms with Crippen molar-refractivity contribution in [3.8, 4) is 0 Å². The smallest absolute Gasteiger partial charge is 0.387 e. The molecule has 1 saturated heterocycles. The van der Waals surface area contributed by atoms with Crippen LogP contribution >= 0.6 is 19.6 Å². The summed E-state index contributed by atoms with van der Waals surface area (Å²) in [6.45, 7) is 1.31. The van der Waals surface area contributed by atoms with E-state index in [0.717, 1.165) is 0 Å². The third-order valence-electron chi connectivity index (χ3n) is 3.75. The lowest BCUT2D eigenvalue weighted by molar-refractivity contribution is -0.0541. The highest BCUT2D eigenvalue weighted by Crippen LogP contribution is 2.40. The number of phosphoric ester groups is 1. The van der Waals surface area contributed by atoms with Crippen LogP contribution in [-0.2, 0) is 13.8 Å². The summed E-state index contributed by atoms with van der Waals surface area (Å²) in [4.78, 5) is 30.0. The number of imidazole rings is 1. The van der Waals surface area contributed by atoms with Crippen LogP contribution in [0.4, 0.5) is 5.82 Å². The first-order valence-electron chi connectivity index (χ1n) is 7.55. The fourth-order valence-electron chi connectivity index (χ4n) is 2.62. The van der Waals surface area contributed by atoms with Gasteiger partial charge in [-0.2, -0.15) is 0 Å². The van der Waals surface area contributed by atoms with E-state index >= 15 is 0 Å². The van der Waals surface area contributed by atoms with Crippen LogP contribution in [0.3, 0.4) is 0 Å². The second-order valence-electron chi connectivity index (χ2n) is 5.46. The van der Waals surface area contributed by atoms with Crippen LogP contribution in [0.2, 0.25) is 0 Å². The summed E-state index contributed by atoms with van der Waals surface area (Å²) in [7, 11) is -4.74. The number of aliphatic hydroxyl groups excluding tert-OH is 2. The lowest BCUT2D eigenvalue weighted by atomic mass is 10.1. The second kappa shape index (κ2) is 7.37. The number of hydrogen-bond donors (Lipinski definition) is 5. The van der Waals surface area contributed by atoms with Crippen LogP contribution in [0.1, 0.15) is 13.2 Å². The predicted octanol–water partition coefficient (Wildman–Crippen LogP) is -0.751. The molecule has 144 valence electrons. The zero-order valence-electron chi connectivity index (χ0n) is 13.5. The zero-order valence-corrected chi connectivity index (χ0v) is 15.2. The highest BCUT2D eigenvalue weighted by Gasteiger charge is 2.46. The van der Waals surface area contributed by atoms with Crippen LogP contribution in [0.15, 0.2) is 11.5 Å². The fraction of sp³-hybridized carbons (Fsp3) is 0.583. The molecule has 0 aromatic carbocycles. The van der Waals surface area contributed by atoms with Crippen molar-refractivity contribution >= 4 is 36.6 Å². The van der Waals surface area contributed by atoms with Gasteiger partial charge in [0, 0.05) is 0 Å². The van der Waals surface area contributed by atoms with E-state index in [-0.39, 0.29) is 5.82 Å². The normalized spacial score (nSPS) is 26.7. The van der Waals surface area contributed by atoms with Gasteiger partial charge in [-0.15, -0.1) is 0 Å². The van der Waals surface area contributed by atoms with Crippen molar-refractivity contribution < 1.29 is 33.8 Å². The molecule has 0 aliphatic carbocycles. The first-order chi connectivity index (χ1) is 12.2. The number of thioether (sulfide) groups is 1. The molecular weight excluding hydrogens is 389 g/mol. The largest absolute Gasteiger partial charge is 0.469 e. The number of anilines is 1. The molecule has 0 bridgehead atoms. The Morgan fingerprint density at radius 1 is 1.38 bits per heavy atom. The van der Waals surface area contributed by atoms with Gasteiger partial charge in [0.2, 0.25) is 0 Å². The molecule has 2 aromatic rings. The Morgan fingerprint density at radius 3 is 2.77 bits per heavy atom. The third-order valence-corrected chi connectivity index (χ3v) is 5.07. The maximum absolute atomic E-state index is 10.9. The molecule has 4 atom stereocenters. The van der Waals surface area contributed by atoms with Crippen molar-refractivity contribution in [1.29, 1.82) is 0 Å². The van der Waals surface area contributed by atoms with Crippen molar-refractivity contribution in [2.45, 2.75) is 36.6 Å². The fourth-order valence-corrected chi connectivity index (χ4v) is 3.70. The number of nitrogen functional groups attached to an aromatic ring is 1. The number of hydrogen-bond acceptors (Lipinski definition) is 10.